The first kappa shape index (κ1) is 92.0. The van der Waals surface area contributed by atoms with Gasteiger partial charge in [0.05, 0.1) is 54.1 Å². The fraction of sp³-hybridized carbons (Fsp3) is 0.373. The summed E-state index contributed by atoms with van der Waals surface area (Å²) in [6, 6.07) is 41.3. The van der Waals surface area contributed by atoms with Crippen LogP contribution in [0.25, 0.3) is 0 Å². The fourth-order valence-electron chi connectivity index (χ4n) is 10.5. The number of benzene rings is 5. The van der Waals surface area contributed by atoms with E-state index >= 15 is 0 Å². The van der Waals surface area contributed by atoms with Crippen molar-refractivity contribution in [1.29, 1.82) is 0 Å². The number of nitrogens with one attached hydrogen (secondary N) is 5. The Bertz CT molecular complexity index is 4590. The highest BCUT2D eigenvalue weighted by Crippen LogP contribution is 2.29. The Morgan fingerprint density at radius 3 is 0.931 bits per heavy atom. The smallest absolute Gasteiger partial charge is 0.311 e. The van der Waals surface area contributed by atoms with E-state index in [1.165, 1.54) is 39.5 Å². The Morgan fingerprint density at radius 1 is 0.379 bits per heavy atom. The van der Waals surface area contributed by atoms with Crippen LogP contribution in [0.15, 0.2) is 164 Å². The molecule has 5 aromatic carbocycles. The van der Waals surface area contributed by atoms with E-state index in [4.69, 9.17) is 72.3 Å². The van der Waals surface area contributed by atoms with Crippen LogP contribution in [0.2, 0.25) is 5.02 Å². The number of carbonyl (C=O) groups excluding carboxylic acids is 10. The minimum Gasteiger partial charge on any atom is -0.497 e. The molecule has 0 saturated heterocycles. The van der Waals surface area contributed by atoms with Crippen LogP contribution in [0.4, 0.5) is 29.0 Å². The summed E-state index contributed by atoms with van der Waals surface area (Å²) in [6.07, 6.45) is 2.76. The zero-order valence-corrected chi connectivity index (χ0v) is 67.6. The summed E-state index contributed by atoms with van der Waals surface area (Å²) in [5.41, 5.74) is 3.71. The van der Waals surface area contributed by atoms with Gasteiger partial charge in [-0.25, -0.2) is 0 Å². The molecule has 0 aliphatic heterocycles. The highest BCUT2D eigenvalue weighted by atomic mass is 35.5. The van der Waals surface area contributed by atoms with Crippen molar-refractivity contribution >= 4 is 99.9 Å². The number of aromatic nitrogens is 4. The number of methoxy groups -OCH3 is 4. The highest BCUT2D eigenvalue weighted by molar-refractivity contribution is 6.30. The van der Waals surface area contributed by atoms with Crippen molar-refractivity contribution in [3.05, 3.63) is 196 Å². The standard InChI is InChI=1S/C19H21NO5.C17H20N2O5.C16H17ClN2O4.C16H18N2O5.C15H22N2O4/c1-13(19(22)20-15-6-10-17(24-3)11-7-15)25-18(21)12-14-4-8-16(23-2)9-5-14;1-4-14(17(21)18-15-9-11(2)24-19-15)23-16(20)10-12-5-7-13(22-3)8-6-12;1-3-13(16(21)18-14-8-10(2)23-19-14)22-15(20)9-11-4-6-12(17)7-5-11;1-10-8-14(18-23-10)17-16(20)11(2)22-15(19)9-12-4-6-13(21-3)7-5-12;1-10-9-13(17-21-10)16-15(19)11(2)20-14(18)8-7-12-5-3-4-6-12/h4-11,13H,12H2,1-3H3,(H,20,22);5-9,14H,4,10H2,1-3H3,(H,18,19,21);4-8,13H,3,9H2,1-2H3,(H,18,19,21);4-8,11H,9H2,1-3H3,(H,17,18,20);9,11-12H,3-8H2,1-2H3,(H,16,17,19). The average Bonchev–Trinajstić information content (AvgIpc) is 1.35. The van der Waals surface area contributed by atoms with Gasteiger partial charge in [0.2, 0.25) is 0 Å². The van der Waals surface area contributed by atoms with E-state index in [0.29, 0.717) is 99.4 Å². The number of hydrogen-bond acceptors (Lipinski definition) is 27. The molecule has 33 heteroatoms. The Labute approximate surface area is 675 Å². The van der Waals surface area contributed by atoms with Crippen molar-refractivity contribution in [1.82, 2.24) is 20.6 Å². The molecule has 10 rings (SSSR count). The van der Waals surface area contributed by atoms with E-state index < -0.39 is 83.9 Å². The molecular formula is C83H98ClN9O23. The molecule has 1 saturated carbocycles. The summed E-state index contributed by atoms with van der Waals surface area (Å²) in [7, 11) is 6.29. The first-order valence-electron chi connectivity index (χ1n) is 37.0. The molecule has 116 heavy (non-hydrogen) atoms. The zero-order chi connectivity index (χ0) is 84.6. The molecule has 32 nitrogen and oxygen atoms in total. The maximum absolute atomic E-state index is 12.1. The number of amides is 5. The minimum atomic E-state index is -0.933. The number of nitrogens with zero attached hydrogens (tertiary/aromatic N) is 4. The summed E-state index contributed by atoms with van der Waals surface area (Å²) in [4.78, 5) is 120. The summed E-state index contributed by atoms with van der Waals surface area (Å²) >= 11 is 5.79. The number of ether oxygens (including phenoxy) is 9. The lowest BCUT2D eigenvalue weighted by Gasteiger charge is -2.15. The normalized spacial score (nSPS) is 12.5. The van der Waals surface area contributed by atoms with Gasteiger partial charge in [-0.2, -0.15) is 0 Å². The van der Waals surface area contributed by atoms with Crippen LogP contribution in [0.1, 0.15) is 131 Å². The van der Waals surface area contributed by atoms with Crippen molar-refractivity contribution in [2.45, 2.75) is 170 Å². The molecule has 620 valence electrons. The van der Waals surface area contributed by atoms with Gasteiger partial charge in [0.15, 0.2) is 53.8 Å². The molecule has 5 atom stereocenters. The number of rotatable bonds is 32. The number of halogens is 1. The minimum absolute atomic E-state index is 0.0734. The molecule has 9 aromatic rings. The van der Waals surface area contributed by atoms with Gasteiger partial charge in [-0.15, -0.1) is 0 Å². The summed E-state index contributed by atoms with van der Waals surface area (Å²) < 4.78 is 65.6. The molecule has 4 aromatic heterocycles. The number of esters is 5. The second kappa shape index (κ2) is 48.3. The van der Waals surface area contributed by atoms with Crippen molar-refractivity contribution in [2.75, 3.05) is 55.0 Å². The molecular weight excluding hydrogens is 1530 g/mol. The maximum Gasteiger partial charge on any atom is 0.311 e. The molecule has 1 aliphatic rings. The molecule has 0 radical (unpaired) electrons. The quantitative estimate of drug-likeness (QED) is 0.0193. The van der Waals surface area contributed by atoms with E-state index in [2.05, 4.69) is 47.2 Å². The topological polar surface area (TPSA) is 418 Å². The lowest BCUT2D eigenvalue weighted by Crippen LogP contribution is -2.32. The lowest BCUT2D eigenvalue weighted by molar-refractivity contribution is -0.153. The second-order valence-electron chi connectivity index (χ2n) is 26.2. The van der Waals surface area contributed by atoms with Crippen LogP contribution >= 0.6 is 11.6 Å². The average molecular weight is 1630 g/mol. The third-order valence-electron chi connectivity index (χ3n) is 16.8. The highest BCUT2D eigenvalue weighted by Gasteiger charge is 2.27. The van der Waals surface area contributed by atoms with E-state index in [1.54, 1.807) is 222 Å². The SMILES string of the molecule is CCC(OC(=O)Cc1ccc(Cl)cc1)C(=O)Nc1cc(C)on1.CCC(OC(=O)Cc1ccc(OC)cc1)C(=O)Nc1cc(C)on1.COc1ccc(CC(=O)OC(C)C(=O)Nc2cc(C)on2)cc1.COc1ccc(CC(=O)OC(C)C(=O)Nc2ccc(OC)cc2)cc1.Cc1cc(NC(=O)C(C)OC(=O)CCC2CCCC2)no1. The lowest BCUT2D eigenvalue weighted by atomic mass is 10.0. The Morgan fingerprint density at radius 2 is 0.647 bits per heavy atom. The van der Waals surface area contributed by atoms with Crippen molar-refractivity contribution in [3.63, 3.8) is 0 Å². The molecule has 5 amide bonds. The molecule has 4 heterocycles. The van der Waals surface area contributed by atoms with Crippen LogP contribution in [0.5, 0.6) is 23.0 Å². The predicted molar refractivity (Wildman–Crippen MR) is 425 cm³/mol. The van der Waals surface area contributed by atoms with Gasteiger partial charge in [-0.1, -0.05) is 120 Å². The molecule has 1 aliphatic carbocycles. The van der Waals surface area contributed by atoms with Gasteiger partial charge in [0, 0.05) is 41.4 Å². The van der Waals surface area contributed by atoms with Crippen LogP contribution in [-0.4, -0.2) is 139 Å². The van der Waals surface area contributed by atoms with Crippen LogP contribution in [-0.2, 0) is 97.3 Å². The third-order valence-corrected chi connectivity index (χ3v) is 17.0. The predicted octanol–water partition coefficient (Wildman–Crippen LogP) is 13.4. The molecule has 1 fully saturated rings. The molecule has 5 unspecified atom stereocenters. The number of hydrogen-bond donors (Lipinski definition) is 5. The van der Waals surface area contributed by atoms with Crippen LogP contribution < -0.4 is 45.5 Å². The first-order chi connectivity index (χ1) is 55.5. The third kappa shape index (κ3) is 33.8. The van der Waals surface area contributed by atoms with Crippen molar-refractivity contribution < 1.29 is 109 Å². The van der Waals surface area contributed by atoms with Gasteiger partial charge >= 0.3 is 29.8 Å². The summed E-state index contributed by atoms with van der Waals surface area (Å²) in [5.74, 6) is 2.60. The Kier molecular flexibility index (Phi) is 38.3. The summed E-state index contributed by atoms with van der Waals surface area (Å²) in [5, 5.41) is 28.1. The zero-order valence-electron chi connectivity index (χ0n) is 66.9. The Hall–Kier alpha value is -12.9. The largest absolute Gasteiger partial charge is 0.497 e. The second-order valence-corrected chi connectivity index (χ2v) is 26.6. The van der Waals surface area contributed by atoms with Gasteiger partial charge < -0.3 is 87.3 Å². The number of carbonyl (C=O) groups is 10. The van der Waals surface area contributed by atoms with Gasteiger partial charge in [0.25, 0.3) is 29.5 Å². The summed E-state index contributed by atoms with van der Waals surface area (Å²) in [6.45, 7) is 15.0. The Balaban J connectivity index is 0.000000226. The van der Waals surface area contributed by atoms with E-state index in [-0.39, 0.29) is 37.5 Å². The number of aryl methyl sites for hydroxylation is 4. The van der Waals surface area contributed by atoms with Crippen molar-refractivity contribution in [3.8, 4) is 23.0 Å². The van der Waals surface area contributed by atoms with Gasteiger partial charge in [0.1, 0.15) is 46.0 Å². The van der Waals surface area contributed by atoms with Gasteiger partial charge in [-0.05, 0) is 169 Å². The first-order valence-corrected chi connectivity index (χ1v) is 37.4. The van der Waals surface area contributed by atoms with E-state index in [9.17, 15) is 47.9 Å². The van der Waals surface area contributed by atoms with Crippen LogP contribution in [0, 0.1) is 33.6 Å². The molecule has 0 spiro atoms. The van der Waals surface area contributed by atoms with Crippen LogP contribution in [0.3, 0.4) is 0 Å². The van der Waals surface area contributed by atoms with Gasteiger partial charge in [-0.3, -0.25) is 47.9 Å². The monoisotopic (exact) mass is 1620 g/mol. The molecule has 5 N–H and O–H groups in total. The number of anilines is 5. The van der Waals surface area contributed by atoms with E-state index in [0.717, 1.165) is 28.7 Å². The van der Waals surface area contributed by atoms with E-state index in [1.807, 2.05) is 0 Å². The maximum atomic E-state index is 12.1. The molecule has 0 bridgehead atoms. The fourth-order valence-corrected chi connectivity index (χ4v) is 10.7. The van der Waals surface area contributed by atoms with Crippen molar-refractivity contribution in [2.24, 2.45) is 5.92 Å².